The summed E-state index contributed by atoms with van der Waals surface area (Å²) in [5, 5.41) is 17.4. The summed E-state index contributed by atoms with van der Waals surface area (Å²) in [7, 11) is 4.89. The number of benzene rings is 3. The van der Waals surface area contributed by atoms with Gasteiger partial charge in [-0.3, -0.25) is 0 Å². The normalized spacial score (nSPS) is 18.7. The third-order valence-electron chi connectivity index (χ3n) is 6.17. The van der Waals surface area contributed by atoms with Crippen LogP contribution in [-0.2, 0) is 0 Å². The van der Waals surface area contributed by atoms with Crippen LogP contribution in [0.3, 0.4) is 0 Å². The highest BCUT2D eigenvalue weighted by atomic mass is 16.5. The van der Waals surface area contributed by atoms with E-state index in [1.165, 1.54) is 0 Å². The van der Waals surface area contributed by atoms with Crippen molar-refractivity contribution in [1.82, 2.24) is 5.01 Å². The summed E-state index contributed by atoms with van der Waals surface area (Å²) in [4.78, 5) is 0. The van der Waals surface area contributed by atoms with Gasteiger partial charge >= 0.3 is 0 Å². The predicted molar refractivity (Wildman–Crippen MR) is 124 cm³/mol. The van der Waals surface area contributed by atoms with Gasteiger partial charge in [0.1, 0.15) is 17.2 Å². The zero-order valence-electron chi connectivity index (χ0n) is 19.0. The molecule has 1 N–H and O–H groups in total. The van der Waals surface area contributed by atoms with Crippen molar-refractivity contribution in [3.63, 3.8) is 0 Å². The Morgan fingerprint density at radius 1 is 0.939 bits per heavy atom. The van der Waals surface area contributed by atoms with Gasteiger partial charge in [-0.1, -0.05) is 23.8 Å². The van der Waals surface area contributed by atoms with E-state index >= 15 is 0 Å². The SMILES string of the molecule is COc1ccc(OC)c([C@@H]2Oc3c(OC)cccc3[C@H]3CC(c4cc(C)ccc4O)=NN32)c1. The Hall–Kier alpha value is -3.87. The molecule has 33 heavy (non-hydrogen) atoms. The number of ether oxygens (including phenoxy) is 4. The maximum atomic E-state index is 10.6. The molecule has 0 aliphatic carbocycles. The van der Waals surface area contributed by atoms with Crippen LogP contribution in [-0.4, -0.2) is 37.2 Å². The van der Waals surface area contributed by atoms with E-state index in [1.807, 2.05) is 60.5 Å². The molecule has 0 spiro atoms. The molecule has 2 aliphatic heterocycles. The smallest absolute Gasteiger partial charge is 0.217 e. The lowest BCUT2D eigenvalue weighted by molar-refractivity contribution is -0.0223. The van der Waals surface area contributed by atoms with E-state index in [-0.39, 0.29) is 11.8 Å². The van der Waals surface area contributed by atoms with E-state index in [9.17, 15) is 5.11 Å². The first-order valence-electron chi connectivity index (χ1n) is 10.7. The molecule has 7 nitrogen and oxygen atoms in total. The summed E-state index contributed by atoms with van der Waals surface area (Å²) in [6, 6.07) is 16.9. The monoisotopic (exact) mass is 446 g/mol. The number of aromatic hydroxyl groups is 1. The zero-order chi connectivity index (χ0) is 23.1. The van der Waals surface area contributed by atoms with Gasteiger partial charge in [-0.15, -0.1) is 0 Å². The van der Waals surface area contributed by atoms with Gasteiger partial charge in [0, 0.05) is 17.5 Å². The summed E-state index contributed by atoms with van der Waals surface area (Å²) in [6.07, 6.45) is 0.0388. The lowest BCUT2D eigenvalue weighted by Gasteiger charge is -2.39. The fourth-order valence-electron chi connectivity index (χ4n) is 4.53. The Balaban J connectivity index is 1.68. The number of rotatable bonds is 5. The average Bonchev–Trinajstić information content (AvgIpc) is 3.29. The minimum Gasteiger partial charge on any atom is -0.507 e. The number of phenolic OH excluding ortho intramolecular Hbond substituents is 1. The maximum Gasteiger partial charge on any atom is 0.217 e. The molecule has 0 unspecified atom stereocenters. The van der Waals surface area contributed by atoms with Crippen molar-refractivity contribution < 1.29 is 24.1 Å². The number of nitrogens with zero attached hydrogens (tertiary/aromatic N) is 2. The van der Waals surface area contributed by atoms with Crippen LogP contribution in [0.25, 0.3) is 0 Å². The van der Waals surface area contributed by atoms with Crippen LogP contribution in [0, 0.1) is 6.92 Å². The van der Waals surface area contributed by atoms with Gasteiger partial charge < -0.3 is 24.1 Å². The van der Waals surface area contributed by atoms with E-state index in [4.69, 9.17) is 24.0 Å². The zero-order valence-corrected chi connectivity index (χ0v) is 19.0. The van der Waals surface area contributed by atoms with E-state index in [0.29, 0.717) is 29.4 Å². The number of para-hydroxylation sites is 1. The molecule has 2 aliphatic rings. The molecule has 170 valence electrons. The van der Waals surface area contributed by atoms with E-state index in [1.54, 1.807) is 27.4 Å². The Labute approximate surface area is 192 Å². The maximum absolute atomic E-state index is 10.6. The van der Waals surface area contributed by atoms with Crippen molar-refractivity contribution in [2.75, 3.05) is 21.3 Å². The first-order chi connectivity index (χ1) is 16.0. The van der Waals surface area contributed by atoms with Crippen LogP contribution >= 0.6 is 0 Å². The van der Waals surface area contributed by atoms with Crippen LogP contribution in [0.4, 0.5) is 0 Å². The van der Waals surface area contributed by atoms with Crippen LogP contribution in [0.2, 0.25) is 0 Å². The van der Waals surface area contributed by atoms with Gasteiger partial charge in [0.25, 0.3) is 0 Å². The van der Waals surface area contributed by atoms with Crippen molar-refractivity contribution in [3.8, 4) is 28.7 Å². The Kier molecular flexibility index (Phi) is 5.24. The first kappa shape index (κ1) is 21.0. The molecule has 0 saturated carbocycles. The van der Waals surface area contributed by atoms with Crippen molar-refractivity contribution in [2.45, 2.75) is 25.6 Å². The van der Waals surface area contributed by atoms with Crippen molar-refractivity contribution in [3.05, 3.63) is 76.9 Å². The van der Waals surface area contributed by atoms with Crippen LogP contribution < -0.4 is 18.9 Å². The highest BCUT2D eigenvalue weighted by molar-refractivity contribution is 6.04. The van der Waals surface area contributed by atoms with E-state index in [2.05, 4.69) is 0 Å². The second-order valence-electron chi connectivity index (χ2n) is 8.12. The highest BCUT2D eigenvalue weighted by Gasteiger charge is 2.43. The average molecular weight is 447 g/mol. The summed E-state index contributed by atoms with van der Waals surface area (Å²) in [6.45, 7) is 2.00. The number of hydrogen-bond donors (Lipinski definition) is 1. The second-order valence-corrected chi connectivity index (χ2v) is 8.12. The second kappa shape index (κ2) is 8.24. The largest absolute Gasteiger partial charge is 0.507 e. The van der Waals surface area contributed by atoms with E-state index in [0.717, 1.165) is 28.0 Å². The molecule has 0 bridgehead atoms. The number of hydrazone groups is 1. The van der Waals surface area contributed by atoms with Gasteiger partial charge in [-0.2, -0.15) is 5.10 Å². The standard InChI is InChI=1S/C26H26N2O5/c1-15-8-10-22(29)18(12-15)20-14-21-17-6-5-7-24(32-4)25(17)33-26(28(21)27-20)19-13-16(30-2)9-11-23(19)31-3/h5-13,21,26,29H,14H2,1-4H3/t21-,26+/m1/s1. The van der Waals surface area contributed by atoms with Crippen molar-refractivity contribution in [1.29, 1.82) is 0 Å². The summed E-state index contributed by atoms with van der Waals surface area (Å²) in [5.74, 6) is 2.91. The van der Waals surface area contributed by atoms with Crippen molar-refractivity contribution in [2.24, 2.45) is 5.10 Å². The molecule has 2 atom stereocenters. The third kappa shape index (κ3) is 3.50. The minimum atomic E-state index is -0.576. The Morgan fingerprint density at radius 2 is 1.76 bits per heavy atom. The summed E-state index contributed by atoms with van der Waals surface area (Å²) < 4.78 is 23.3. The van der Waals surface area contributed by atoms with Crippen LogP contribution in [0.5, 0.6) is 28.7 Å². The highest BCUT2D eigenvalue weighted by Crippen LogP contribution is 2.52. The molecule has 5 rings (SSSR count). The number of methoxy groups -OCH3 is 3. The predicted octanol–water partition coefficient (Wildman–Crippen LogP) is 4.97. The van der Waals surface area contributed by atoms with Crippen LogP contribution in [0.15, 0.2) is 59.7 Å². The molecule has 0 saturated heterocycles. The Morgan fingerprint density at radius 3 is 2.52 bits per heavy atom. The summed E-state index contributed by atoms with van der Waals surface area (Å²) in [5.41, 5.74) is 4.35. The number of aryl methyl sites for hydroxylation is 1. The van der Waals surface area contributed by atoms with Crippen LogP contribution in [0.1, 0.15) is 40.9 Å². The summed E-state index contributed by atoms with van der Waals surface area (Å²) >= 11 is 0. The van der Waals surface area contributed by atoms with Gasteiger partial charge in [0.2, 0.25) is 6.23 Å². The lowest BCUT2D eigenvalue weighted by Crippen LogP contribution is -2.34. The Bertz CT molecular complexity index is 1240. The van der Waals surface area contributed by atoms with Gasteiger partial charge in [0.05, 0.1) is 38.6 Å². The molecular weight excluding hydrogens is 420 g/mol. The lowest BCUT2D eigenvalue weighted by atomic mass is 9.94. The molecule has 0 aromatic heterocycles. The fourth-order valence-corrected chi connectivity index (χ4v) is 4.53. The molecule has 7 heteroatoms. The molecule has 2 heterocycles. The topological polar surface area (TPSA) is 72.8 Å². The minimum absolute atomic E-state index is 0.0975. The number of phenols is 1. The molecule has 3 aromatic rings. The molecule has 0 radical (unpaired) electrons. The van der Waals surface area contributed by atoms with Crippen molar-refractivity contribution >= 4 is 5.71 Å². The fraction of sp³-hybridized carbons (Fsp3) is 0.269. The van der Waals surface area contributed by atoms with Gasteiger partial charge in [0.15, 0.2) is 11.5 Å². The molecule has 0 amide bonds. The van der Waals surface area contributed by atoms with Gasteiger partial charge in [-0.05, 0) is 43.3 Å². The molecular formula is C26H26N2O5. The first-order valence-corrected chi connectivity index (χ1v) is 10.7. The quantitative estimate of drug-likeness (QED) is 0.597. The van der Waals surface area contributed by atoms with E-state index < -0.39 is 6.23 Å². The molecule has 0 fully saturated rings. The molecule has 3 aromatic carbocycles. The third-order valence-corrected chi connectivity index (χ3v) is 6.17. The number of hydrogen-bond acceptors (Lipinski definition) is 7. The number of fused-ring (bicyclic) bond motifs is 3. The van der Waals surface area contributed by atoms with Gasteiger partial charge in [-0.25, -0.2) is 5.01 Å².